The van der Waals surface area contributed by atoms with Gasteiger partial charge in [0.25, 0.3) is 0 Å². The third kappa shape index (κ3) is 2.75. The molecule has 0 aliphatic heterocycles. The molecule has 106 valence electrons. The summed E-state index contributed by atoms with van der Waals surface area (Å²) in [7, 11) is 0. The van der Waals surface area contributed by atoms with Crippen molar-refractivity contribution in [2.45, 2.75) is 46.5 Å². The minimum atomic E-state index is -0.170. The SMILES string of the molecule is C=C(C)C1CCC2=CC(C[N+](=O)[O-])CC(C)C2(C)C1. The molecular weight excluding hydrogens is 238 g/mol. The van der Waals surface area contributed by atoms with Crippen LogP contribution in [0.1, 0.15) is 46.5 Å². The summed E-state index contributed by atoms with van der Waals surface area (Å²) in [6, 6.07) is 0. The maximum absolute atomic E-state index is 10.7. The first kappa shape index (κ1) is 14.3. The Hall–Kier alpha value is -1.12. The van der Waals surface area contributed by atoms with Gasteiger partial charge in [-0.25, -0.2) is 0 Å². The van der Waals surface area contributed by atoms with E-state index in [4.69, 9.17) is 0 Å². The number of hydrogen-bond acceptors (Lipinski definition) is 2. The minimum Gasteiger partial charge on any atom is -0.265 e. The predicted molar refractivity (Wildman–Crippen MR) is 77.5 cm³/mol. The second kappa shape index (κ2) is 5.10. The molecule has 0 aromatic carbocycles. The van der Waals surface area contributed by atoms with E-state index in [0.717, 1.165) is 19.3 Å². The number of fused-ring (bicyclic) bond motifs is 1. The number of nitrogens with zero attached hydrogens (tertiary/aromatic N) is 1. The molecule has 2 aliphatic carbocycles. The number of hydrogen-bond donors (Lipinski definition) is 0. The van der Waals surface area contributed by atoms with Gasteiger partial charge in [-0.3, -0.25) is 10.1 Å². The molecule has 0 aromatic heterocycles. The van der Waals surface area contributed by atoms with Crippen molar-refractivity contribution in [3.63, 3.8) is 0 Å². The van der Waals surface area contributed by atoms with E-state index >= 15 is 0 Å². The Kier molecular flexibility index (Phi) is 3.84. The third-order valence-electron chi connectivity index (χ3n) is 5.43. The minimum absolute atomic E-state index is 0.0911. The lowest BCUT2D eigenvalue weighted by molar-refractivity contribution is -0.486. The molecule has 0 spiro atoms. The second-order valence-electron chi connectivity index (χ2n) is 6.81. The molecule has 3 nitrogen and oxygen atoms in total. The molecule has 0 bridgehead atoms. The van der Waals surface area contributed by atoms with E-state index in [-0.39, 0.29) is 22.8 Å². The maximum atomic E-state index is 10.7. The van der Waals surface area contributed by atoms with Gasteiger partial charge in [0, 0.05) is 10.8 Å². The van der Waals surface area contributed by atoms with Crippen molar-refractivity contribution in [1.29, 1.82) is 0 Å². The quantitative estimate of drug-likeness (QED) is 0.434. The van der Waals surface area contributed by atoms with Crippen LogP contribution in [-0.2, 0) is 0 Å². The first-order chi connectivity index (χ1) is 8.83. The van der Waals surface area contributed by atoms with Gasteiger partial charge in [0.1, 0.15) is 0 Å². The number of allylic oxidation sites excluding steroid dienone is 2. The van der Waals surface area contributed by atoms with Crippen molar-refractivity contribution in [2.75, 3.05) is 6.54 Å². The van der Waals surface area contributed by atoms with Crippen LogP contribution in [-0.4, -0.2) is 11.5 Å². The summed E-state index contributed by atoms with van der Waals surface area (Å²) in [6.07, 6.45) is 6.59. The van der Waals surface area contributed by atoms with E-state index in [1.807, 2.05) is 0 Å². The lowest BCUT2D eigenvalue weighted by Crippen LogP contribution is -2.39. The third-order valence-corrected chi connectivity index (χ3v) is 5.43. The fraction of sp³-hybridized carbons (Fsp3) is 0.750. The average molecular weight is 263 g/mol. The summed E-state index contributed by atoms with van der Waals surface area (Å²) < 4.78 is 0. The van der Waals surface area contributed by atoms with Gasteiger partial charge in [-0.2, -0.15) is 0 Å². The van der Waals surface area contributed by atoms with Crippen molar-refractivity contribution in [2.24, 2.45) is 23.2 Å². The van der Waals surface area contributed by atoms with Crippen LogP contribution in [0.15, 0.2) is 23.8 Å². The van der Waals surface area contributed by atoms with Crippen molar-refractivity contribution < 1.29 is 4.92 Å². The highest BCUT2D eigenvalue weighted by molar-refractivity contribution is 5.24. The highest BCUT2D eigenvalue weighted by Crippen LogP contribution is 2.54. The van der Waals surface area contributed by atoms with Gasteiger partial charge < -0.3 is 0 Å². The van der Waals surface area contributed by atoms with E-state index in [0.29, 0.717) is 11.8 Å². The van der Waals surface area contributed by atoms with Gasteiger partial charge in [0.15, 0.2) is 0 Å². The molecule has 19 heavy (non-hydrogen) atoms. The van der Waals surface area contributed by atoms with E-state index in [1.54, 1.807) is 0 Å². The molecule has 4 atom stereocenters. The average Bonchev–Trinajstić information content (AvgIpc) is 2.29. The topological polar surface area (TPSA) is 43.1 Å². The number of rotatable bonds is 3. The Bertz CT molecular complexity index is 426. The van der Waals surface area contributed by atoms with E-state index in [2.05, 4.69) is 33.4 Å². The van der Waals surface area contributed by atoms with Crippen molar-refractivity contribution in [1.82, 2.24) is 0 Å². The molecule has 1 fully saturated rings. The van der Waals surface area contributed by atoms with Crippen molar-refractivity contribution >= 4 is 0 Å². The van der Waals surface area contributed by atoms with Crippen LogP contribution in [0, 0.1) is 33.3 Å². The molecule has 4 unspecified atom stereocenters. The zero-order chi connectivity index (χ0) is 14.2. The molecule has 0 aromatic rings. The lowest BCUT2D eigenvalue weighted by Gasteiger charge is -2.48. The molecule has 0 saturated heterocycles. The highest BCUT2D eigenvalue weighted by atomic mass is 16.6. The van der Waals surface area contributed by atoms with E-state index < -0.39 is 0 Å². The van der Waals surface area contributed by atoms with Crippen LogP contribution in [0.4, 0.5) is 0 Å². The summed E-state index contributed by atoms with van der Waals surface area (Å²) in [4.78, 5) is 10.6. The molecule has 0 heterocycles. The fourth-order valence-electron chi connectivity index (χ4n) is 3.96. The maximum Gasteiger partial charge on any atom is 0.210 e. The van der Waals surface area contributed by atoms with Crippen LogP contribution in [0.5, 0.6) is 0 Å². The van der Waals surface area contributed by atoms with E-state index in [1.165, 1.54) is 17.6 Å². The molecule has 2 rings (SSSR count). The van der Waals surface area contributed by atoms with Gasteiger partial charge >= 0.3 is 0 Å². The molecule has 3 heteroatoms. The zero-order valence-electron chi connectivity index (χ0n) is 12.3. The van der Waals surface area contributed by atoms with Crippen molar-refractivity contribution in [3.05, 3.63) is 33.9 Å². The lowest BCUT2D eigenvalue weighted by atomic mass is 9.56. The Morgan fingerprint density at radius 1 is 1.63 bits per heavy atom. The second-order valence-corrected chi connectivity index (χ2v) is 6.81. The molecule has 1 saturated carbocycles. The van der Waals surface area contributed by atoms with Crippen LogP contribution in [0.25, 0.3) is 0 Å². The summed E-state index contributed by atoms with van der Waals surface area (Å²) in [5.74, 6) is 1.28. The summed E-state index contributed by atoms with van der Waals surface area (Å²) >= 11 is 0. The Morgan fingerprint density at radius 3 is 2.89 bits per heavy atom. The largest absolute Gasteiger partial charge is 0.265 e. The fourth-order valence-corrected chi connectivity index (χ4v) is 3.96. The van der Waals surface area contributed by atoms with Gasteiger partial charge in [0.05, 0.1) is 0 Å². The molecule has 0 amide bonds. The Morgan fingerprint density at radius 2 is 2.32 bits per heavy atom. The molecular formula is C16H25NO2. The first-order valence-electron chi connectivity index (χ1n) is 7.31. The van der Waals surface area contributed by atoms with E-state index in [9.17, 15) is 10.1 Å². The summed E-state index contributed by atoms with van der Waals surface area (Å²) in [5.41, 5.74) is 2.99. The van der Waals surface area contributed by atoms with Gasteiger partial charge in [-0.15, -0.1) is 0 Å². The van der Waals surface area contributed by atoms with Gasteiger partial charge in [0.2, 0.25) is 6.54 Å². The van der Waals surface area contributed by atoms with Gasteiger partial charge in [-0.05, 0) is 49.9 Å². The molecule has 0 N–H and O–H groups in total. The van der Waals surface area contributed by atoms with Gasteiger partial charge in [-0.1, -0.05) is 37.6 Å². The first-order valence-corrected chi connectivity index (χ1v) is 7.31. The summed E-state index contributed by atoms with van der Waals surface area (Å²) in [6.45, 7) is 11.0. The van der Waals surface area contributed by atoms with Crippen LogP contribution < -0.4 is 0 Å². The molecule has 2 aliphatic rings. The van der Waals surface area contributed by atoms with Crippen LogP contribution in [0.2, 0.25) is 0 Å². The van der Waals surface area contributed by atoms with Crippen LogP contribution in [0.3, 0.4) is 0 Å². The zero-order valence-corrected chi connectivity index (χ0v) is 12.3. The van der Waals surface area contributed by atoms with Crippen molar-refractivity contribution in [3.8, 4) is 0 Å². The molecule has 0 radical (unpaired) electrons. The smallest absolute Gasteiger partial charge is 0.210 e. The normalized spacial score (nSPS) is 38.3. The van der Waals surface area contributed by atoms with Crippen LogP contribution >= 0.6 is 0 Å². The number of nitro groups is 1. The Balaban J connectivity index is 2.21. The highest BCUT2D eigenvalue weighted by Gasteiger charge is 2.44. The summed E-state index contributed by atoms with van der Waals surface area (Å²) in [5, 5.41) is 10.7. The standard InChI is InChI=1S/C16H25NO2/c1-11(2)14-5-6-15-8-13(10-17(18)19)7-12(3)16(15,4)9-14/h8,12-14H,1,5-7,9-10H2,2-4H3. The Labute approximate surface area is 115 Å². The predicted octanol–water partition coefficient (Wildman–Crippen LogP) is 4.23. The monoisotopic (exact) mass is 263 g/mol.